The highest BCUT2D eigenvalue weighted by atomic mass is 19.2. The van der Waals surface area contributed by atoms with Gasteiger partial charge in [-0.3, -0.25) is 9.89 Å². The number of carbonyl (C=O) groups excluding carboxylic acids is 1. The molecule has 3 heterocycles. The number of hydrogen-bond acceptors (Lipinski definition) is 5. The van der Waals surface area contributed by atoms with Crippen LogP contribution in [0, 0.1) is 17.6 Å². The number of allylic oxidation sites excluding steroid dienone is 3. The second kappa shape index (κ2) is 10.1. The second-order valence-electron chi connectivity index (χ2n) is 8.75. The van der Waals surface area contributed by atoms with Crippen LogP contribution in [0.4, 0.5) is 14.6 Å². The fourth-order valence-corrected chi connectivity index (χ4v) is 4.20. The summed E-state index contributed by atoms with van der Waals surface area (Å²) in [5, 5.41) is 13.9. The number of amides is 1. The molecule has 0 aliphatic heterocycles. The number of halogens is 2. The van der Waals surface area contributed by atoms with Gasteiger partial charge in [-0.2, -0.15) is 5.10 Å². The number of nitrogens with one attached hydrogen (secondary N) is 3. The Labute approximate surface area is 206 Å². The number of anilines is 1. The second-order valence-corrected chi connectivity index (χ2v) is 8.75. The number of fused-ring (bicyclic) bond motifs is 1. The maximum Gasteiger partial charge on any atom is 0.255 e. The van der Waals surface area contributed by atoms with E-state index in [1.165, 1.54) is 17.2 Å². The predicted molar refractivity (Wildman–Crippen MR) is 134 cm³/mol. The van der Waals surface area contributed by atoms with Crippen molar-refractivity contribution in [2.45, 2.75) is 19.9 Å². The lowest BCUT2D eigenvalue weighted by Crippen LogP contribution is -2.25. The molecule has 1 atom stereocenters. The zero-order valence-corrected chi connectivity index (χ0v) is 19.6. The molecular formula is C27H24F2N6O. The summed E-state index contributed by atoms with van der Waals surface area (Å²) in [6.45, 7) is 2.77. The standard InChI is InChI=1S/C27H24F2N6O/c1-16-9-18(20-11-21-15-34-35-25(21)31-14-20)5-6-19(16)13-32-26-22(3-2-8-30-26)27(36)33-12-17-4-7-23(28)24(29)10-17/h2-8,10-11,14-16H,9,12-13H2,1H3,(H,30,32)(H,33,36)(H,31,34,35). The molecule has 7 nitrogen and oxygen atoms in total. The van der Waals surface area contributed by atoms with Gasteiger partial charge in [-0.1, -0.05) is 25.1 Å². The zero-order chi connectivity index (χ0) is 25.1. The van der Waals surface area contributed by atoms with E-state index in [0.717, 1.165) is 35.2 Å². The van der Waals surface area contributed by atoms with Gasteiger partial charge in [0.25, 0.3) is 5.91 Å². The largest absolute Gasteiger partial charge is 0.366 e. The topological polar surface area (TPSA) is 95.6 Å². The monoisotopic (exact) mass is 486 g/mol. The van der Waals surface area contributed by atoms with E-state index in [2.05, 4.69) is 55.9 Å². The van der Waals surface area contributed by atoms with Gasteiger partial charge in [0, 0.05) is 30.9 Å². The van der Waals surface area contributed by atoms with Crippen LogP contribution in [0.15, 0.2) is 72.7 Å². The molecule has 36 heavy (non-hydrogen) atoms. The molecule has 0 saturated heterocycles. The highest BCUT2D eigenvalue weighted by molar-refractivity contribution is 5.98. The Bertz CT molecular complexity index is 1490. The van der Waals surface area contributed by atoms with E-state index in [9.17, 15) is 13.6 Å². The van der Waals surface area contributed by atoms with Crippen LogP contribution < -0.4 is 10.6 Å². The third-order valence-corrected chi connectivity index (χ3v) is 6.27. The maximum absolute atomic E-state index is 13.4. The minimum atomic E-state index is -0.948. The van der Waals surface area contributed by atoms with Crippen LogP contribution in [0.2, 0.25) is 0 Å². The summed E-state index contributed by atoms with van der Waals surface area (Å²) >= 11 is 0. The first-order valence-electron chi connectivity index (χ1n) is 11.6. The molecule has 0 radical (unpaired) electrons. The first kappa shape index (κ1) is 23.3. The molecule has 3 N–H and O–H groups in total. The third-order valence-electron chi connectivity index (χ3n) is 6.27. The van der Waals surface area contributed by atoms with E-state index < -0.39 is 11.6 Å². The van der Waals surface area contributed by atoms with Gasteiger partial charge in [-0.25, -0.2) is 18.7 Å². The summed E-state index contributed by atoms with van der Waals surface area (Å²) in [7, 11) is 0. The Kier molecular flexibility index (Phi) is 6.53. The lowest BCUT2D eigenvalue weighted by Gasteiger charge is -2.23. The quantitative estimate of drug-likeness (QED) is 0.341. The molecular weight excluding hydrogens is 462 g/mol. The van der Waals surface area contributed by atoms with Gasteiger partial charge < -0.3 is 10.6 Å². The minimum Gasteiger partial charge on any atom is -0.366 e. The highest BCUT2D eigenvalue weighted by Gasteiger charge is 2.18. The first-order valence-corrected chi connectivity index (χ1v) is 11.6. The normalized spacial score (nSPS) is 15.4. The van der Waals surface area contributed by atoms with E-state index in [0.29, 0.717) is 23.5 Å². The highest BCUT2D eigenvalue weighted by Crippen LogP contribution is 2.32. The van der Waals surface area contributed by atoms with Gasteiger partial charge in [0.15, 0.2) is 17.3 Å². The summed E-state index contributed by atoms with van der Waals surface area (Å²) in [4.78, 5) is 21.6. The van der Waals surface area contributed by atoms with Crippen LogP contribution in [0.5, 0.6) is 0 Å². The van der Waals surface area contributed by atoms with Crippen LogP contribution >= 0.6 is 0 Å². The number of aromatic nitrogens is 4. The Morgan fingerprint density at radius 1 is 1.08 bits per heavy atom. The van der Waals surface area contributed by atoms with Crippen molar-refractivity contribution in [3.05, 3.63) is 101 Å². The van der Waals surface area contributed by atoms with Crippen LogP contribution in [0.3, 0.4) is 0 Å². The molecule has 182 valence electrons. The molecule has 1 aliphatic rings. The number of nitrogens with zero attached hydrogens (tertiary/aromatic N) is 3. The molecule has 0 fully saturated rings. The first-order chi connectivity index (χ1) is 17.5. The summed E-state index contributed by atoms with van der Waals surface area (Å²) in [6, 6.07) is 8.98. The van der Waals surface area contributed by atoms with Gasteiger partial charge in [-0.15, -0.1) is 0 Å². The number of aromatic amines is 1. The van der Waals surface area contributed by atoms with Gasteiger partial charge in [-0.05, 0) is 64.9 Å². The molecule has 0 bridgehead atoms. The molecule has 5 rings (SSSR count). The van der Waals surface area contributed by atoms with E-state index in [1.54, 1.807) is 24.5 Å². The fourth-order valence-electron chi connectivity index (χ4n) is 4.20. The van der Waals surface area contributed by atoms with Crippen molar-refractivity contribution in [2.75, 3.05) is 11.9 Å². The van der Waals surface area contributed by atoms with Crippen molar-refractivity contribution in [1.29, 1.82) is 0 Å². The smallest absolute Gasteiger partial charge is 0.255 e. The number of H-pyrrole nitrogens is 1. The van der Waals surface area contributed by atoms with E-state index in [-0.39, 0.29) is 18.4 Å². The number of rotatable bonds is 7. The molecule has 0 spiro atoms. The molecule has 4 aromatic rings. The van der Waals surface area contributed by atoms with Crippen LogP contribution in [0.25, 0.3) is 16.6 Å². The van der Waals surface area contributed by atoms with Crippen molar-refractivity contribution in [3.8, 4) is 0 Å². The maximum atomic E-state index is 13.4. The summed E-state index contributed by atoms with van der Waals surface area (Å²) in [5.74, 6) is -1.49. The average molecular weight is 487 g/mol. The van der Waals surface area contributed by atoms with Crippen molar-refractivity contribution in [2.24, 2.45) is 5.92 Å². The molecule has 1 unspecified atom stereocenters. The van der Waals surface area contributed by atoms with Crippen LogP contribution in [0.1, 0.15) is 34.8 Å². The minimum absolute atomic E-state index is 0.0690. The molecule has 9 heteroatoms. The molecule has 1 aliphatic carbocycles. The number of carbonyl (C=O) groups is 1. The Hall–Kier alpha value is -4.40. The predicted octanol–water partition coefficient (Wildman–Crippen LogP) is 5.02. The van der Waals surface area contributed by atoms with Gasteiger partial charge >= 0.3 is 0 Å². The van der Waals surface area contributed by atoms with E-state index in [1.807, 2.05) is 6.20 Å². The fraction of sp³-hybridized carbons (Fsp3) is 0.185. The number of hydrogen-bond donors (Lipinski definition) is 3. The number of pyridine rings is 2. The van der Waals surface area contributed by atoms with Gasteiger partial charge in [0.1, 0.15) is 5.82 Å². The van der Waals surface area contributed by atoms with Crippen molar-refractivity contribution >= 4 is 28.3 Å². The summed E-state index contributed by atoms with van der Waals surface area (Å²) < 4.78 is 26.6. The molecule has 3 aromatic heterocycles. The Morgan fingerprint density at radius 3 is 2.81 bits per heavy atom. The van der Waals surface area contributed by atoms with Gasteiger partial charge in [0.2, 0.25) is 0 Å². The molecule has 0 saturated carbocycles. The Morgan fingerprint density at radius 2 is 1.97 bits per heavy atom. The third kappa shape index (κ3) is 5.00. The van der Waals surface area contributed by atoms with Crippen molar-refractivity contribution < 1.29 is 13.6 Å². The molecule has 1 aromatic carbocycles. The lowest BCUT2D eigenvalue weighted by molar-refractivity contribution is 0.0951. The molecule has 1 amide bonds. The average Bonchev–Trinajstić information content (AvgIpc) is 3.37. The summed E-state index contributed by atoms with van der Waals surface area (Å²) in [5.41, 5.74) is 5.07. The lowest BCUT2D eigenvalue weighted by atomic mass is 9.86. The van der Waals surface area contributed by atoms with Crippen LogP contribution in [-0.2, 0) is 6.54 Å². The van der Waals surface area contributed by atoms with Crippen molar-refractivity contribution in [1.82, 2.24) is 25.5 Å². The number of benzene rings is 1. The SMILES string of the molecule is CC1CC(c2cnc3[nH]ncc3c2)=CC=C1CNc1ncccc1C(=O)NCc1ccc(F)c(F)c1. The zero-order valence-electron chi connectivity index (χ0n) is 19.6. The van der Waals surface area contributed by atoms with Crippen LogP contribution in [-0.4, -0.2) is 32.6 Å². The van der Waals surface area contributed by atoms with Gasteiger partial charge in [0.05, 0.1) is 11.8 Å². The van der Waals surface area contributed by atoms with Crippen molar-refractivity contribution in [3.63, 3.8) is 0 Å². The summed E-state index contributed by atoms with van der Waals surface area (Å²) in [6.07, 6.45) is 10.3. The Balaban J connectivity index is 1.25. The van der Waals surface area contributed by atoms with E-state index >= 15 is 0 Å². The van der Waals surface area contributed by atoms with E-state index in [4.69, 9.17) is 0 Å².